The van der Waals surface area contributed by atoms with Crippen molar-refractivity contribution in [3.8, 4) is 0 Å². The third-order valence-electron chi connectivity index (χ3n) is 3.22. The van der Waals surface area contributed by atoms with Crippen LogP contribution >= 0.6 is 0 Å². The molecule has 0 aromatic rings. The highest BCUT2D eigenvalue weighted by molar-refractivity contribution is 4.92. The quantitative estimate of drug-likeness (QED) is 0.664. The second-order valence-corrected chi connectivity index (χ2v) is 4.33. The van der Waals surface area contributed by atoms with Crippen molar-refractivity contribution >= 4 is 0 Å². The highest BCUT2D eigenvalue weighted by atomic mass is 16.5. The standard InChI is InChI=1S/C10H19NO2/c1-8-6-10(4-5-12-8)3-2-9(7-11)13-10/h8-9H,2-7,11H2,1H3. The monoisotopic (exact) mass is 185 g/mol. The Morgan fingerprint density at radius 2 is 2.31 bits per heavy atom. The topological polar surface area (TPSA) is 44.5 Å². The van der Waals surface area contributed by atoms with Crippen LogP contribution in [0, 0.1) is 0 Å². The van der Waals surface area contributed by atoms with E-state index in [9.17, 15) is 0 Å². The van der Waals surface area contributed by atoms with Crippen molar-refractivity contribution in [3.63, 3.8) is 0 Å². The molecule has 3 unspecified atom stereocenters. The van der Waals surface area contributed by atoms with Crippen LogP contribution in [0.5, 0.6) is 0 Å². The van der Waals surface area contributed by atoms with Crippen LogP contribution in [0.25, 0.3) is 0 Å². The molecule has 0 saturated carbocycles. The predicted molar refractivity (Wildman–Crippen MR) is 50.5 cm³/mol. The van der Waals surface area contributed by atoms with E-state index in [4.69, 9.17) is 15.2 Å². The SMILES string of the molecule is CC1CC2(CCO1)CCC(CN)O2. The summed E-state index contributed by atoms with van der Waals surface area (Å²) in [5.41, 5.74) is 5.71. The van der Waals surface area contributed by atoms with Crippen LogP contribution in [0.2, 0.25) is 0 Å². The summed E-state index contributed by atoms with van der Waals surface area (Å²) >= 11 is 0. The summed E-state index contributed by atoms with van der Waals surface area (Å²) in [7, 11) is 0. The molecule has 1 spiro atoms. The van der Waals surface area contributed by atoms with Gasteiger partial charge in [0.2, 0.25) is 0 Å². The van der Waals surface area contributed by atoms with Gasteiger partial charge in [-0.05, 0) is 26.2 Å². The van der Waals surface area contributed by atoms with Gasteiger partial charge in [0.25, 0.3) is 0 Å². The van der Waals surface area contributed by atoms with Gasteiger partial charge in [-0.2, -0.15) is 0 Å². The molecule has 2 N–H and O–H groups in total. The van der Waals surface area contributed by atoms with E-state index in [1.165, 1.54) is 6.42 Å². The molecule has 2 aliphatic heterocycles. The lowest BCUT2D eigenvalue weighted by Crippen LogP contribution is -2.40. The first kappa shape index (κ1) is 9.44. The van der Waals surface area contributed by atoms with Gasteiger partial charge in [-0.1, -0.05) is 0 Å². The number of hydrogen-bond acceptors (Lipinski definition) is 3. The fraction of sp³-hybridized carbons (Fsp3) is 1.00. The largest absolute Gasteiger partial charge is 0.378 e. The molecule has 2 fully saturated rings. The fourth-order valence-corrected chi connectivity index (χ4v) is 2.53. The van der Waals surface area contributed by atoms with E-state index < -0.39 is 0 Å². The van der Waals surface area contributed by atoms with Crippen LogP contribution < -0.4 is 5.73 Å². The molecular formula is C10H19NO2. The summed E-state index contributed by atoms with van der Waals surface area (Å²) in [5.74, 6) is 0. The first-order valence-corrected chi connectivity index (χ1v) is 5.24. The Balaban J connectivity index is 1.97. The summed E-state index contributed by atoms with van der Waals surface area (Å²) in [6.07, 6.45) is 5.04. The van der Waals surface area contributed by atoms with Crippen molar-refractivity contribution in [1.82, 2.24) is 0 Å². The molecular weight excluding hydrogens is 166 g/mol. The number of nitrogens with two attached hydrogens (primary N) is 1. The minimum absolute atomic E-state index is 0.113. The Morgan fingerprint density at radius 3 is 2.92 bits per heavy atom. The van der Waals surface area contributed by atoms with Gasteiger partial charge in [0.15, 0.2) is 0 Å². The molecule has 76 valence electrons. The Morgan fingerprint density at radius 1 is 1.46 bits per heavy atom. The number of hydrogen-bond donors (Lipinski definition) is 1. The van der Waals surface area contributed by atoms with E-state index in [1.807, 2.05) is 0 Å². The average Bonchev–Trinajstić information content (AvgIpc) is 2.48. The minimum Gasteiger partial charge on any atom is -0.378 e. The van der Waals surface area contributed by atoms with E-state index >= 15 is 0 Å². The molecule has 3 nitrogen and oxygen atoms in total. The summed E-state index contributed by atoms with van der Waals surface area (Å²) in [4.78, 5) is 0. The zero-order chi connectivity index (χ0) is 9.31. The maximum absolute atomic E-state index is 6.00. The third-order valence-corrected chi connectivity index (χ3v) is 3.22. The lowest BCUT2D eigenvalue weighted by molar-refractivity contribution is -0.125. The molecule has 0 amide bonds. The second-order valence-electron chi connectivity index (χ2n) is 4.33. The first-order valence-electron chi connectivity index (χ1n) is 5.24. The number of ether oxygens (including phenoxy) is 2. The van der Waals surface area contributed by atoms with Gasteiger partial charge < -0.3 is 15.2 Å². The Bertz CT molecular complexity index is 186. The van der Waals surface area contributed by atoms with Crippen LogP contribution in [0.4, 0.5) is 0 Å². The van der Waals surface area contributed by atoms with E-state index in [0.717, 1.165) is 25.9 Å². The van der Waals surface area contributed by atoms with Crippen LogP contribution in [0.3, 0.4) is 0 Å². The summed E-state index contributed by atoms with van der Waals surface area (Å²) < 4.78 is 11.5. The van der Waals surface area contributed by atoms with Crippen molar-refractivity contribution in [2.24, 2.45) is 5.73 Å². The molecule has 0 aromatic heterocycles. The van der Waals surface area contributed by atoms with Crippen LogP contribution in [-0.4, -0.2) is 31.0 Å². The number of rotatable bonds is 1. The molecule has 2 aliphatic rings. The summed E-state index contributed by atoms with van der Waals surface area (Å²) in [6.45, 7) is 3.63. The van der Waals surface area contributed by atoms with Crippen molar-refractivity contribution in [2.75, 3.05) is 13.2 Å². The van der Waals surface area contributed by atoms with E-state index in [0.29, 0.717) is 18.8 Å². The van der Waals surface area contributed by atoms with E-state index in [-0.39, 0.29) is 5.60 Å². The molecule has 13 heavy (non-hydrogen) atoms. The Labute approximate surface area is 79.6 Å². The van der Waals surface area contributed by atoms with Crippen molar-refractivity contribution < 1.29 is 9.47 Å². The molecule has 0 radical (unpaired) electrons. The zero-order valence-corrected chi connectivity index (χ0v) is 8.29. The molecule has 3 atom stereocenters. The molecule has 2 saturated heterocycles. The van der Waals surface area contributed by atoms with E-state index in [2.05, 4.69) is 6.92 Å². The zero-order valence-electron chi connectivity index (χ0n) is 8.29. The van der Waals surface area contributed by atoms with Gasteiger partial charge in [0, 0.05) is 19.6 Å². The maximum atomic E-state index is 6.00. The molecule has 0 aromatic carbocycles. The fourth-order valence-electron chi connectivity index (χ4n) is 2.53. The highest BCUT2D eigenvalue weighted by Crippen LogP contribution is 2.39. The highest BCUT2D eigenvalue weighted by Gasteiger charge is 2.42. The lowest BCUT2D eigenvalue weighted by atomic mass is 9.88. The van der Waals surface area contributed by atoms with Gasteiger partial charge >= 0.3 is 0 Å². The van der Waals surface area contributed by atoms with Gasteiger partial charge in [0.1, 0.15) is 0 Å². The Hall–Kier alpha value is -0.120. The Kier molecular flexibility index (Phi) is 2.58. The van der Waals surface area contributed by atoms with Gasteiger partial charge in [-0.25, -0.2) is 0 Å². The molecule has 2 heterocycles. The van der Waals surface area contributed by atoms with Gasteiger partial charge in [-0.15, -0.1) is 0 Å². The van der Waals surface area contributed by atoms with Crippen molar-refractivity contribution in [2.45, 2.75) is 50.4 Å². The second kappa shape index (κ2) is 3.56. The van der Waals surface area contributed by atoms with Crippen LogP contribution in [-0.2, 0) is 9.47 Å². The van der Waals surface area contributed by atoms with Crippen LogP contribution in [0.1, 0.15) is 32.6 Å². The molecule has 0 bridgehead atoms. The summed E-state index contributed by atoms with van der Waals surface area (Å²) in [5, 5.41) is 0. The van der Waals surface area contributed by atoms with Crippen molar-refractivity contribution in [3.05, 3.63) is 0 Å². The normalized spacial score (nSPS) is 45.7. The first-order chi connectivity index (χ1) is 6.24. The van der Waals surface area contributed by atoms with E-state index in [1.54, 1.807) is 0 Å². The van der Waals surface area contributed by atoms with Gasteiger partial charge in [0.05, 0.1) is 17.8 Å². The third kappa shape index (κ3) is 1.87. The average molecular weight is 185 g/mol. The van der Waals surface area contributed by atoms with Crippen LogP contribution in [0.15, 0.2) is 0 Å². The molecule has 2 rings (SSSR count). The van der Waals surface area contributed by atoms with Gasteiger partial charge in [-0.3, -0.25) is 0 Å². The predicted octanol–water partition coefficient (Wildman–Crippen LogP) is 1.06. The lowest BCUT2D eigenvalue weighted by Gasteiger charge is -2.36. The molecule has 3 heteroatoms. The van der Waals surface area contributed by atoms with Crippen molar-refractivity contribution in [1.29, 1.82) is 0 Å². The minimum atomic E-state index is 0.113. The maximum Gasteiger partial charge on any atom is 0.0734 e. The summed E-state index contributed by atoms with van der Waals surface area (Å²) in [6, 6.07) is 0. The smallest absolute Gasteiger partial charge is 0.0734 e. The molecule has 0 aliphatic carbocycles.